The third-order valence-electron chi connectivity index (χ3n) is 0.906. The van der Waals surface area contributed by atoms with Gasteiger partial charge in [-0.15, -0.1) is 0 Å². The predicted molar refractivity (Wildman–Crippen MR) is 38.4 cm³/mol. The lowest BCUT2D eigenvalue weighted by molar-refractivity contribution is -0.136. The molecule has 9 heavy (non-hydrogen) atoms. The molecule has 0 aromatic heterocycles. The van der Waals surface area contributed by atoms with E-state index in [9.17, 15) is 4.79 Å². The number of carboxylic acid groups (broad SMARTS) is 1. The zero-order valence-electron chi connectivity index (χ0n) is 5.55. The van der Waals surface area contributed by atoms with Crippen LogP contribution in [-0.2, 0) is 4.79 Å². The van der Waals surface area contributed by atoms with Crippen molar-refractivity contribution in [2.24, 2.45) is 0 Å². The highest BCUT2D eigenvalue weighted by Crippen LogP contribution is 2.08. The summed E-state index contributed by atoms with van der Waals surface area (Å²) >= 11 is 1.23. The van der Waals surface area contributed by atoms with Gasteiger partial charge in [-0.1, -0.05) is 18.9 Å². The van der Waals surface area contributed by atoms with Gasteiger partial charge in [-0.05, 0) is 13.5 Å². The summed E-state index contributed by atoms with van der Waals surface area (Å²) in [4.78, 5) is 10.3. The molecular weight excluding hydrogens is 138 g/mol. The summed E-state index contributed by atoms with van der Waals surface area (Å²) in [6.45, 7) is 1.85. The second kappa shape index (κ2) is 4.64. The van der Waals surface area contributed by atoms with Crippen molar-refractivity contribution in [3.05, 3.63) is 0 Å². The molecule has 0 heterocycles. The average Bonchev–Trinajstić information content (AvgIpc) is 1.82. The summed E-state index contributed by atoms with van der Waals surface area (Å²) in [5.41, 5.74) is 0. The summed E-state index contributed by atoms with van der Waals surface area (Å²) < 4.78 is 2.74. The number of aliphatic carboxylic acids is 1. The monoisotopic (exact) mass is 149 g/mol. The lowest BCUT2D eigenvalue weighted by atomic mass is 10.3. The van der Waals surface area contributed by atoms with Gasteiger partial charge in [0.25, 0.3) is 0 Å². The fraction of sp³-hybridized carbons (Fsp3) is 0.800. The van der Waals surface area contributed by atoms with Crippen LogP contribution in [0.25, 0.3) is 0 Å². The minimum absolute atomic E-state index is 0.310. The maximum atomic E-state index is 10.3. The van der Waals surface area contributed by atoms with E-state index >= 15 is 0 Å². The van der Waals surface area contributed by atoms with Crippen molar-refractivity contribution < 1.29 is 9.90 Å². The zero-order chi connectivity index (χ0) is 7.28. The highest BCUT2D eigenvalue weighted by Gasteiger charge is 2.13. The summed E-state index contributed by atoms with van der Waals surface area (Å²) in [5, 5.41) is 8.13. The zero-order valence-corrected chi connectivity index (χ0v) is 6.36. The van der Waals surface area contributed by atoms with Gasteiger partial charge in [-0.2, -0.15) is 0 Å². The Kier molecular flexibility index (Phi) is 4.53. The number of carboxylic acids is 1. The molecular formula is C5H11NO2S. The largest absolute Gasteiger partial charge is 0.480 e. The van der Waals surface area contributed by atoms with Crippen LogP contribution in [0.3, 0.4) is 0 Å². The van der Waals surface area contributed by atoms with Crippen LogP contribution in [0.2, 0.25) is 0 Å². The Bertz CT molecular complexity index is 97.0. The molecule has 3 nitrogen and oxygen atoms in total. The van der Waals surface area contributed by atoms with Crippen LogP contribution in [0, 0.1) is 0 Å². The molecule has 0 unspecified atom stereocenters. The molecule has 0 amide bonds. The Morgan fingerprint density at radius 3 is 2.56 bits per heavy atom. The van der Waals surface area contributed by atoms with E-state index in [0.717, 1.165) is 0 Å². The Morgan fingerprint density at radius 1 is 1.89 bits per heavy atom. The van der Waals surface area contributed by atoms with Gasteiger partial charge in [0, 0.05) is 0 Å². The second-order valence-electron chi connectivity index (χ2n) is 1.56. The lowest BCUT2D eigenvalue weighted by Crippen LogP contribution is -2.18. The molecule has 0 spiro atoms. The van der Waals surface area contributed by atoms with Crippen molar-refractivity contribution in [2.75, 3.05) is 7.05 Å². The normalized spacial score (nSPS) is 13.1. The summed E-state index contributed by atoms with van der Waals surface area (Å²) in [6, 6.07) is 0. The first-order chi connectivity index (χ1) is 4.22. The molecule has 4 heteroatoms. The smallest absolute Gasteiger partial charge is 0.317 e. The molecule has 2 N–H and O–H groups in total. The SMILES string of the molecule is CC[C@H](SNC)C(=O)O. The van der Waals surface area contributed by atoms with Gasteiger partial charge in [0.1, 0.15) is 5.25 Å². The highest BCUT2D eigenvalue weighted by molar-refractivity contribution is 7.98. The molecule has 0 aliphatic heterocycles. The minimum Gasteiger partial charge on any atom is -0.480 e. The van der Waals surface area contributed by atoms with Gasteiger partial charge in [0.05, 0.1) is 0 Å². The average molecular weight is 149 g/mol. The fourth-order valence-corrected chi connectivity index (χ4v) is 1.00. The van der Waals surface area contributed by atoms with E-state index < -0.39 is 5.97 Å². The van der Waals surface area contributed by atoms with Gasteiger partial charge < -0.3 is 5.11 Å². The molecule has 0 aliphatic carbocycles. The number of hydrogen-bond acceptors (Lipinski definition) is 3. The number of nitrogens with one attached hydrogen (secondary N) is 1. The molecule has 0 rings (SSSR count). The van der Waals surface area contributed by atoms with Crippen LogP contribution in [0.1, 0.15) is 13.3 Å². The molecule has 54 valence electrons. The van der Waals surface area contributed by atoms with Crippen molar-refractivity contribution in [3.63, 3.8) is 0 Å². The van der Waals surface area contributed by atoms with Gasteiger partial charge >= 0.3 is 5.97 Å². The summed E-state index contributed by atoms with van der Waals surface area (Å²) in [6.07, 6.45) is 0.654. The first-order valence-electron chi connectivity index (χ1n) is 2.77. The van der Waals surface area contributed by atoms with Crippen LogP contribution in [0.15, 0.2) is 0 Å². The van der Waals surface area contributed by atoms with Crippen LogP contribution < -0.4 is 4.72 Å². The van der Waals surface area contributed by atoms with E-state index in [2.05, 4.69) is 4.72 Å². The minimum atomic E-state index is -0.753. The molecule has 0 saturated heterocycles. The second-order valence-corrected chi connectivity index (χ2v) is 2.77. The number of hydrogen-bond donors (Lipinski definition) is 2. The number of rotatable bonds is 4. The van der Waals surface area contributed by atoms with E-state index in [1.807, 2.05) is 6.92 Å². The molecule has 1 atom stereocenters. The molecule has 0 aromatic carbocycles. The quantitative estimate of drug-likeness (QED) is 0.578. The van der Waals surface area contributed by atoms with Crippen molar-refractivity contribution in [3.8, 4) is 0 Å². The standard InChI is InChI=1S/C5H11NO2S/c1-3-4(5(7)8)9-6-2/h4,6H,3H2,1-2H3,(H,7,8)/t4-/m0/s1. The third kappa shape index (κ3) is 3.37. The molecule has 0 aliphatic rings. The first kappa shape index (κ1) is 8.78. The van der Waals surface area contributed by atoms with Crippen molar-refractivity contribution in [1.82, 2.24) is 4.72 Å². The van der Waals surface area contributed by atoms with E-state index in [4.69, 9.17) is 5.11 Å². The Morgan fingerprint density at radius 2 is 2.44 bits per heavy atom. The molecule has 0 bridgehead atoms. The van der Waals surface area contributed by atoms with E-state index in [1.54, 1.807) is 7.05 Å². The van der Waals surface area contributed by atoms with E-state index in [1.165, 1.54) is 11.9 Å². The fourth-order valence-electron chi connectivity index (χ4n) is 0.451. The summed E-state index contributed by atoms with van der Waals surface area (Å²) in [7, 11) is 1.72. The first-order valence-corrected chi connectivity index (χ1v) is 3.65. The summed E-state index contributed by atoms with van der Waals surface area (Å²) in [5.74, 6) is -0.753. The van der Waals surface area contributed by atoms with Gasteiger partial charge in [0.2, 0.25) is 0 Å². The van der Waals surface area contributed by atoms with Gasteiger partial charge in [0.15, 0.2) is 0 Å². The van der Waals surface area contributed by atoms with Gasteiger partial charge in [-0.25, -0.2) is 0 Å². The van der Waals surface area contributed by atoms with Crippen LogP contribution >= 0.6 is 11.9 Å². The van der Waals surface area contributed by atoms with Crippen molar-refractivity contribution in [1.29, 1.82) is 0 Å². The lowest BCUT2D eigenvalue weighted by Gasteiger charge is -2.05. The maximum Gasteiger partial charge on any atom is 0.317 e. The maximum absolute atomic E-state index is 10.3. The predicted octanol–water partition coefficient (Wildman–Crippen LogP) is 0.717. The Labute approximate surface area is 59.0 Å². The van der Waals surface area contributed by atoms with E-state index in [0.29, 0.717) is 6.42 Å². The molecule has 0 fully saturated rings. The van der Waals surface area contributed by atoms with Crippen molar-refractivity contribution in [2.45, 2.75) is 18.6 Å². The van der Waals surface area contributed by atoms with Crippen LogP contribution in [0.4, 0.5) is 0 Å². The highest BCUT2D eigenvalue weighted by atomic mass is 32.2. The van der Waals surface area contributed by atoms with Gasteiger partial charge in [-0.3, -0.25) is 9.52 Å². The topological polar surface area (TPSA) is 49.3 Å². The molecule has 0 saturated carbocycles. The van der Waals surface area contributed by atoms with Crippen LogP contribution in [-0.4, -0.2) is 23.4 Å². The van der Waals surface area contributed by atoms with E-state index in [-0.39, 0.29) is 5.25 Å². The van der Waals surface area contributed by atoms with Crippen LogP contribution in [0.5, 0.6) is 0 Å². The Hall–Kier alpha value is -0.220. The molecule has 0 radical (unpaired) electrons. The number of carbonyl (C=O) groups is 1. The third-order valence-corrected chi connectivity index (χ3v) is 1.96. The Balaban J connectivity index is 3.54. The van der Waals surface area contributed by atoms with Crippen molar-refractivity contribution >= 4 is 17.9 Å². The molecule has 0 aromatic rings.